The van der Waals surface area contributed by atoms with Gasteiger partial charge < -0.3 is 15.0 Å². The van der Waals surface area contributed by atoms with E-state index in [-0.39, 0.29) is 30.5 Å². The summed E-state index contributed by atoms with van der Waals surface area (Å²) >= 11 is 5.86. The van der Waals surface area contributed by atoms with Gasteiger partial charge in [-0.1, -0.05) is 29.8 Å². The molecular formula is C22H20ClN3O4. The van der Waals surface area contributed by atoms with E-state index in [2.05, 4.69) is 10.6 Å². The van der Waals surface area contributed by atoms with Gasteiger partial charge in [0.15, 0.2) is 5.88 Å². The van der Waals surface area contributed by atoms with Crippen molar-refractivity contribution in [1.82, 2.24) is 15.2 Å². The third-order valence-electron chi connectivity index (χ3n) is 5.19. The molecule has 30 heavy (non-hydrogen) atoms. The number of amides is 3. The minimum Gasteiger partial charge on any atom is -0.494 e. The molecule has 2 aromatic carbocycles. The second-order valence-electron chi connectivity index (χ2n) is 7.33. The molecule has 1 aromatic heterocycles. The van der Waals surface area contributed by atoms with E-state index in [0.29, 0.717) is 23.4 Å². The van der Waals surface area contributed by atoms with Gasteiger partial charge in [-0.2, -0.15) is 0 Å². The first-order valence-corrected chi connectivity index (χ1v) is 9.96. The lowest BCUT2D eigenvalue weighted by Gasteiger charge is -2.22. The van der Waals surface area contributed by atoms with Crippen LogP contribution in [0.2, 0.25) is 5.02 Å². The number of rotatable bonds is 5. The minimum absolute atomic E-state index is 0.0159. The van der Waals surface area contributed by atoms with Gasteiger partial charge in [-0.25, -0.2) is 0 Å². The maximum absolute atomic E-state index is 12.2. The molecule has 3 aromatic rings. The second-order valence-corrected chi connectivity index (χ2v) is 7.76. The van der Waals surface area contributed by atoms with E-state index in [4.69, 9.17) is 11.6 Å². The van der Waals surface area contributed by atoms with Crippen molar-refractivity contribution in [1.29, 1.82) is 0 Å². The fourth-order valence-electron chi connectivity index (χ4n) is 3.62. The van der Waals surface area contributed by atoms with Crippen LogP contribution in [0.15, 0.2) is 48.7 Å². The summed E-state index contributed by atoms with van der Waals surface area (Å²) in [6.07, 6.45) is 2.53. The van der Waals surface area contributed by atoms with Crippen LogP contribution in [0.4, 0.5) is 0 Å². The number of halogens is 1. The monoisotopic (exact) mass is 425 g/mol. The average molecular weight is 426 g/mol. The van der Waals surface area contributed by atoms with Crippen LogP contribution in [0.3, 0.4) is 0 Å². The molecule has 3 amide bonds. The third-order valence-corrected chi connectivity index (χ3v) is 5.45. The Kier molecular flexibility index (Phi) is 5.46. The van der Waals surface area contributed by atoms with E-state index in [1.54, 1.807) is 24.4 Å². The molecule has 3 N–H and O–H groups in total. The number of nitrogens with zero attached hydrogens (tertiary/aromatic N) is 1. The molecule has 1 unspecified atom stereocenters. The fraction of sp³-hybridized carbons (Fsp3) is 0.227. The number of hydrogen-bond acceptors (Lipinski definition) is 4. The van der Waals surface area contributed by atoms with Gasteiger partial charge in [0.05, 0.1) is 6.42 Å². The Morgan fingerprint density at radius 3 is 2.63 bits per heavy atom. The van der Waals surface area contributed by atoms with E-state index in [1.165, 1.54) is 4.57 Å². The van der Waals surface area contributed by atoms with Crippen LogP contribution in [0.25, 0.3) is 10.8 Å². The number of piperidine rings is 1. The predicted octanol–water partition coefficient (Wildman–Crippen LogP) is 2.84. The van der Waals surface area contributed by atoms with Crippen LogP contribution in [0.5, 0.6) is 5.88 Å². The molecule has 1 fully saturated rings. The van der Waals surface area contributed by atoms with Crippen LogP contribution in [0, 0.1) is 0 Å². The highest BCUT2D eigenvalue weighted by Crippen LogP contribution is 2.33. The summed E-state index contributed by atoms with van der Waals surface area (Å²) < 4.78 is 1.50. The van der Waals surface area contributed by atoms with Gasteiger partial charge in [0.25, 0.3) is 0 Å². The highest BCUT2D eigenvalue weighted by molar-refractivity contribution is 6.30. The quantitative estimate of drug-likeness (QED) is 0.547. The molecule has 1 atom stereocenters. The van der Waals surface area contributed by atoms with Crippen molar-refractivity contribution in [2.45, 2.75) is 31.8 Å². The number of aromatic nitrogens is 1. The number of nitrogens with one attached hydrogen (secondary N) is 2. The van der Waals surface area contributed by atoms with Gasteiger partial charge in [-0.05, 0) is 41.8 Å². The number of fused-ring (bicyclic) bond motifs is 1. The Hall–Kier alpha value is -3.32. The van der Waals surface area contributed by atoms with Crippen molar-refractivity contribution in [3.05, 3.63) is 64.8 Å². The first-order valence-electron chi connectivity index (χ1n) is 9.58. The zero-order chi connectivity index (χ0) is 21.3. The van der Waals surface area contributed by atoms with Gasteiger partial charge in [-0.15, -0.1) is 0 Å². The molecule has 0 radical (unpaired) electrons. The van der Waals surface area contributed by atoms with Gasteiger partial charge in [-0.3, -0.25) is 19.7 Å². The summed E-state index contributed by atoms with van der Waals surface area (Å²) in [6, 6.07) is 11.9. The van der Waals surface area contributed by atoms with Gasteiger partial charge in [0, 0.05) is 35.0 Å². The molecule has 1 aliphatic heterocycles. The molecule has 0 aliphatic carbocycles. The molecule has 0 saturated carbocycles. The maximum Gasteiger partial charge on any atom is 0.249 e. The van der Waals surface area contributed by atoms with Crippen LogP contribution in [-0.4, -0.2) is 27.4 Å². The highest BCUT2D eigenvalue weighted by atomic mass is 35.5. The standard InChI is InChI=1S/C22H20ClN3O4/c23-16-4-1-13(2-5-16)10-20(28)24-11-14-3-6-17-15(9-14)12-26(22(17)30)18-7-8-19(27)25-21(18)29/h1-6,9,12,18,30H,7-8,10-11H2,(H,24,28)(H,25,27,29). The van der Waals surface area contributed by atoms with Crippen molar-refractivity contribution >= 4 is 40.1 Å². The van der Waals surface area contributed by atoms with Gasteiger partial charge >= 0.3 is 0 Å². The van der Waals surface area contributed by atoms with Crippen molar-refractivity contribution in [2.24, 2.45) is 0 Å². The lowest BCUT2D eigenvalue weighted by atomic mass is 10.1. The van der Waals surface area contributed by atoms with E-state index in [1.807, 2.05) is 24.3 Å². The molecule has 0 spiro atoms. The largest absolute Gasteiger partial charge is 0.494 e. The summed E-state index contributed by atoms with van der Waals surface area (Å²) in [5.41, 5.74) is 1.74. The van der Waals surface area contributed by atoms with Crippen molar-refractivity contribution in [3.8, 4) is 5.88 Å². The van der Waals surface area contributed by atoms with E-state index >= 15 is 0 Å². The number of hydrogen-bond donors (Lipinski definition) is 3. The number of carbonyl (C=O) groups is 3. The maximum atomic E-state index is 12.2. The van der Waals surface area contributed by atoms with Crippen molar-refractivity contribution < 1.29 is 19.5 Å². The predicted molar refractivity (Wildman–Crippen MR) is 112 cm³/mol. The van der Waals surface area contributed by atoms with E-state index < -0.39 is 11.9 Å². The number of carbonyl (C=O) groups excluding carboxylic acids is 3. The summed E-state index contributed by atoms with van der Waals surface area (Å²) in [4.78, 5) is 35.7. The Morgan fingerprint density at radius 2 is 1.90 bits per heavy atom. The molecular weight excluding hydrogens is 406 g/mol. The van der Waals surface area contributed by atoms with Crippen molar-refractivity contribution in [3.63, 3.8) is 0 Å². The molecule has 4 rings (SSSR count). The SMILES string of the molecule is O=C(Cc1ccc(Cl)cc1)NCc1ccc2c(O)n(C3CCC(=O)NC3=O)cc2c1. The van der Waals surface area contributed by atoms with Crippen LogP contribution in [-0.2, 0) is 27.3 Å². The molecule has 8 heteroatoms. The Morgan fingerprint density at radius 1 is 1.17 bits per heavy atom. The zero-order valence-corrected chi connectivity index (χ0v) is 16.8. The zero-order valence-electron chi connectivity index (χ0n) is 16.0. The Balaban J connectivity index is 1.45. The van der Waals surface area contributed by atoms with Gasteiger partial charge in [0.2, 0.25) is 17.7 Å². The second kappa shape index (κ2) is 8.20. The number of benzene rings is 2. The molecule has 154 valence electrons. The topological polar surface area (TPSA) is 100 Å². The number of aromatic hydroxyl groups is 1. The lowest BCUT2D eigenvalue weighted by molar-refractivity contribution is -0.135. The smallest absolute Gasteiger partial charge is 0.249 e. The van der Waals surface area contributed by atoms with Crippen LogP contribution in [0.1, 0.15) is 30.0 Å². The normalized spacial score (nSPS) is 16.5. The first-order chi connectivity index (χ1) is 14.4. The van der Waals surface area contributed by atoms with Crippen molar-refractivity contribution in [2.75, 3.05) is 0 Å². The first kappa shape index (κ1) is 20.0. The third kappa shape index (κ3) is 4.16. The summed E-state index contributed by atoms with van der Waals surface area (Å²) in [5, 5.41) is 17.7. The lowest BCUT2D eigenvalue weighted by Crippen LogP contribution is -2.41. The van der Waals surface area contributed by atoms with E-state index in [9.17, 15) is 19.5 Å². The average Bonchev–Trinajstić information content (AvgIpc) is 3.04. The molecule has 7 nitrogen and oxygen atoms in total. The molecule has 1 saturated heterocycles. The van der Waals surface area contributed by atoms with E-state index in [0.717, 1.165) is 16.5 Å². The number of imide groups is 1. The molecule has 2 heterocycles. The fourth-order valence-corrected chi connectivity index (χ4v) is 3.74. The summed E-state index contributed by atoms with van der Waals surface area (Å²) in [5.74, 6) is -0.847. The molecule has 0 bridgehead atoms. The molecule has 1 aliphatic rings. The highest BCUT2D eigenvalue weighted by Gasteiger charge is 2.30. The summed E-state index contributed by atoms with van der Waals surface area (Å²) in [7, 11) is 0. The van der Waals surface area contributed by atoms with Gasteiger partial charge in [0.1, 0.15) is 6.04 Å². The minimum atomic E-state index is -0.627. The summed E-state index contributed by atoms with van der Waals surface area (Å²) in [6.45, 7) is 0.340. The Labute approximate surface area is 177 Å². The Bertz CT molecular complexity index is 1140. The van der Waals surface area contributed by atoms with Crippen LogP contribution < -0.4 is 10.6 Å². The van der Waals surface area contributed by atoms with Crippen LogP contribution >= 0.6 is 11.6 Å².